The molecule has 0 bridgehead atoms. The number of hydrogen-bond acceptors (Lipinski definition) is 5. The van der Waals surface area contributed by atoms with E-state index in [1.165, 1.54) is 0 Å². The van der Waals surface area contributed by atoms with Gasteiger partial charge in [-0.1, -0.05) is 0 Å². The van der Waals surface area contributed by atoms with Crippen molar-refractivity contribution in [3.05, 3.63) is 18.1 Å². The molecular formula is C13H24ClN5. The second-order valence-corrected chi connectivity index (χ2v) is 5.72. The molecule has 2 rings (SSSR count). The highest BCUT2D eigenvalue weighted by Crippen LogP contribution is 2.16. The van der Waals surface area contributed by atoms with Gasteiger partial charge in [-0.15, -0.1) is 12.4 Å². The Bertz CT molecular complexity index is 396. The topological polar surface area (TPSA) is 58.3 Å². The first-order valence-corrected chi connectivity index (χ1v) is 6.49. The summed E-state index contributed by atoms with van der Waals surface area (Å²) in [4.78, 5) is 13.4. The van der Waals surface area contributed by atoms with Crippen LogP contribution in [0.15, 0.2) is 12.4 Å². The third kappa shape index (κ3) is 4.60. The quantitative estimate of drug-likeness (QED) is 0.900. The van der Waals surface area contributed by atoms with E-state index in [-0.39, 0.29) is 17.9 Å². The largest absolute Gasteiger partial charge is 0.353 e. The lowest BCUT2D eigenvalue weighted by atomic mass is 10.1. The van der Waals surface area contributed by atoms with Crippen LogP contribution in [-0.2, 0) is 0 Å². The summed E-state index contributed by atoms with van der Waals surface area (Å²) in [5.41, 5.74) is 6.94. The zero-order valence-electron chi connectivity index (χ0n) is 12.0. The van der Waals surface area contributed by atoms with Crippen molar-refractivity contribution in [1.82, 2.24) is 14.9 Å². The zero-order valence-corrected chi connectivity index (χ0v) is 12.8. The van der Waals surface area contributed by atoms with Crippen molar-refractivity contribution in [3.63, 3.8) is 0 Å². The predicted octanol–water partition coefficient (Wildman–Crippen LogP) is 1.07. The summed E-state index contributed by atoms with van der Waals surface area (Å²) in [5.74, 6) is 1.02. The lowest BCUT2D eigenvalue weighted by Crippen LogP contribution is -2.53. The Kier molecular flexibility index (Phi) is 5.52. The van der Waals surface area contributed by atoms with Gasteiger partial charge in [0.05, 0.1) is 5.69 Å². The highest BCUT2D eigenvalue weighted by Gasteiger charge is 2.23. The Hall–Kier alpha value is -0.910. The molecule has 0 amide bonds. The van der Waals surface area contributed by atoms with Crippen molar-refractivity contribution in [2.75, 3.05) is 37.6 Å². The maximum Gasteiger partial charge on any atom is 0.150 e. The Morgan fingerprint density at radius 2 is 1.74 bits per heavy atom. The number of aromatic nitrogens is 2. The third-order valence-corrected chi connectivity index (χ3v) is 3.16. The van der Waals surface area contributed by atoms with E-state index >= 15 is 0 Å². The van der Waals surface area contributed by atoms with E-state index in [1.807, 2.05) is 6.92 Å². The molecule has 1 aliphatic heterocycles. The number of piperazine rings is 1. The van der Waals surface area contributed by atoms with E-state index in [1.54, 1.807) is 12.4 Å². The van der Waals surface area contributed by atoms with Crippen LogP contribution >= 0.6 is 12.4 Å². The van der Waals surface area contributed by atoms with Crippen LogP contribution < -0.4 is 10.6 Å². The molecular weight excluding hydrogens is 262 g/mol. The van der Waals surface area contributed by atoms with Crippen molar-refractivity contribution >= 4 is 18.2 Å². The number of anilines is 1. The summed E-state index contributed by atoms with van der Waals surface area (Å²) in [6.07, 6.45) is 3.50. The van der Waals surface area contributed by atoms with Gasteiger partial charge in [0.2, 0.25) is 0 Å². The van der Waals surface area contributed by atoms with Gasteiger partial charge in [0.1, 0.15) is 5.82 Å². The van der Waals surface area contributed by atoms with E-state index in [0.29, 0.717) is 0 Å². The maximum atomic E-state index is 6.06. The first kappa shape index (κ1) is 16.1. The van der Waals surface area contributed by atoms with Crippen LogP contribution in [0.1, 0.15) is 19.5 Å². The molecule has 5 nitrogen and oxygen atoms in total. The molecule has 108 valence electrons. The molecule has 1 aliphatic rings. The van der Waals surface area contributed by atoms with E-state index in [2.05, 4.69) is 33.6 Å². The number of halogens is 1. The fraction of sp³-hybridized carbons (Fsp3) is 0.692. The minimum Gasteiger partial charge on any atom is -0.353 e. The first-order chi connectivity index (χ1) is 8.46. The molecule has 0 atom stereocenters. The van der Waals surface area contributed by atoms with Crippen LogP contribution in [0.5, 0.6) is 0 Å². The van der Waals surface area contributed by atoms with Gasteiger partial charge < -0.3 is 10.6 Å². The van der Waals surface area contributed by atoms with Crippen LogP contribution in [0, 0.1) is 6.92 Å². The monoisotopic (exact) mass is 285 g/mol. The Morgan fingerprint density at radius 1 is 1.16 bits per heavy atom. The second kappa shape index (κ2) is 6.50. The summed E-state index contributed by atoms with van der Waals surface area (Å²) in [6.45, 7) is 11.2. The van der Waals surface area contributed by atoms with Crippen molar-refractivity contribution < 1.29 is 0 Å². The van der Waals surface area contributed by atoms with Crippen molar-refractivity contribution in [1.29, 1.82) is 0 Å². The number of nitrogens with zero attached hydrogens (tertiary/aromatic N) is 4. The number of nitrogens with two attached hydrogens (primary N) is 1. The molecule has 19 heavy (non-hydrogen) atoms. The molecule has 2 N–H and O–H groups in total. The molecule has 0 aliphatic carbocycles. The van der Waals surface area contributed by atoms with Gasteiger partial charge in [0.25, 0.3) is 0 Å². The smallest absolute Gasteiger partial charge is 0.150 e. The van der Waals surface area contributed by atoms with Crippen LogP contribution in [0.4, 0.5) is 5.82 Å². The lowest BCUT2D eigenvalue weighted by Gasteiger charge is -2.38. The average molecular weight is 286 g/mol. The van der Waals surface area contributed by atoms with Gasteiger partial charge in [-0.05, 0) is 20.8 Å². The van der Waals surface area contributed by atoms with Crippen molar-refractivity contribution in [2.24, 2.45) is 5.73 Å². The number of rotatable bonds is 3. The van der Waals surface area contributed by atoms with Crippen LogP contribution in [0.3, 0.4) is 0 Å². The zero-order chi connectivity index (χ0) is 13.2. The van der Waals surface area contributed by atoms with Crippen LogP contribution in [0.2, 0.25) is 0 Å². The van der Waals surface area contributed by atoms with E-state index in [0.717, 1.165) is 44.2 Å². The molecule has 0 saturated carbocycles. The van der Waals surface area contributed by atoms with Gasteiger partial charge in [-0.2, -0.15) is 0 Å². The molecule has 0 radical (unpaired) electrons. The van der Waals surface area contributed by atoms with Crippen LogP contribution in [0.25, 0.3) is 0 Å². The second-order valence-electron chi connectivity index (χ2n) is 5.72. The summed E-state index contributed by atoms with van der Waals surface area (Å²) in [7, 11) is 0. The van der Waals surface area contributed by atoms with Crippen molar-refractivity contribution in [2.45, 2.75) is 26.3 Å². The summed E-state index contributed by atoms with van der Waals surface area (Å²) in [6, 6.07) is 0. The highest BCUT2D eigenvalue weighted by atomic mass is 35.5. The van der Waals surface area contributed by atoms with E-state index in [4.69, 9.17) is 5.73 Å². The minimum atomic E-state index is -0.120. The molecule has 0 unspecified atom stereocenters. The Balaban J connectivity index is 0.00000180. The molecule has 1 fully saturated rings. The standard InChI is InChI=1S/C13H23N5.ClH/c1-11-12(16-5-4-15-11)18-8-6-17(7-9-18)10-13(2,3)14;/h4-5H,6-10,14H2,1-3H3;1H. The summed E-state index contributed by atoms with van der Waals surface area (Å²) >= 11 is 0. The fourth-order valence-electron chi connectivity index (χ4n) is 2.40. The Morgan fingerprint density at radius 3 is 2.26 bits per heavy atom. The molecule has 6 heteroatoms. The average Bonchev–Trinajstić information content (AvgIpc) is 2.29. The summed E-state index contributed by atoms with van der Waals surface area (Å²) in [5, 5.41) is 0. The molecule has 0 spiro atoms. The van der Waals surface area contributed by atoms with Gasteiger partial charge in [0.15, 0.2) is 0 Å². The third-order valence-electron chi connectivity index (χ3n) is 3.16. The maximum absolute atomic E-state index is 6.06. The number of aryl methyl sites for hydroxylation is 1. The molecule has 2 heterocycles. The minimum absolute atomic E-state index is 0. The predicted molar refractivity (Wildman–Crippen MR) is 80.9 cm³/mol. The fourth-order valence-corrected chi connectivity index (χ4v) is 2.40. The van der Waals surface area contributed by atoms with Gasteiger partial charge in [-0.3, -0.25) is 9.88 Å². The van der Waals surface area contributed by atoms with Gasteiger partial charge in [0, 0.05) is 50.7 Å². The van der Waals surface area contributed by atoms with E-state index < -0.39 is 0 Å². The molecule has 0 aromatic carbocycles. The van der Waals surface area contributed by atoms with Gasteiger partial charge >= 0.3 is 0 Å². The van der Waals surface area contributed by atoms with Crippen LogP contribution in [-0.4, -0.2) is 53.1 Å². The van der Waals surface area contributed by atoms with Crippen molar-refractivity contribution in [3.8, 4) is 0 Å². The molecule has 1 aromatic heterocycles. The molecule has 1 saturated heterocycles. The lowest BCUT2D eigenvalue weighted by molar-refractivity contribution is 0.214. The van der Waals surface area contributed by atoms with E-state index in [9.17, 15) is 0 Å². The first-order valence-electron chi connectivity index (χ1n) is 6.49. The molecule has 1 aromatic rings. The number of hydrogen-bond donors (Lipinski definition) is 1. The normalized spacial score (nSPS) is 17.2. The highest BCUT2D eigenvalue weighted by molar-refractivity contribution is 5.85. The summed E-state index contributed by atoms with van der Waals surface area (Å²) < 4.78 is 0. The van der Waals surface area contributed by atoms with Gasteiger partial charge in [-0.25, -0.2) is 4.98 Å². The SMILES string of the molecule is Cc1nccnc1N1CCN(CC(C)(C)N)CC1.Cl. The Labute approximate surface area is 121 Å².